The molecule has 0 aliphatic heterocycles. The fourth-order valence-corrected chi connectivity index (χ4v) is 13.9. The number of aliphatic carboxylic acids is 1. The number of hydrogen-bond acceptors (Lipinski definition) is 9. The number of hydrogen-bond donors (Lipinski definition) is 1. The molecule has 59 heavy (non-hydrogen) atoms. The molecular formula is C48H71N5O6. The molecule has 11 heteroatoms. The van der Waals surface area contributed by atoms with Gasteiger partial charge in [0.1, 0.15) is 11.9 Å². The number of ether oxygens (including phenoxy) is 2. The van der Waals surface area contributed by atoms with E-state index in [1.165, 1.54) is 5.57 Å². The lowest BCUT2D eigenvalue weighted by atomic mass is 9.33. The van der Waals surface area contributed by atoms with Crippen LogP contribution in [0, 0.1) is 56.2 Å². The molecule has 5 aliphatic carbocycles. The highest BCUT2D eigenvalue weighted by Gasteiger charge is 2.70. The van der Waals surface area contributed by atoms with E-state index in [0.29, 0.717) is 42.3 Å². The molecule has 4 fully saturated rings. The summed E-state index contributed by atoms with van der Waals surface area (Å²) in [5, 5.41) is 19.4. The third-order valence-electron chi connectivity index (χ3n) is 17.3. The average Bonchev–Trinajstić information content (AvgIpc) is 3.69. The number of methoxy groups -OCH3 is 1. The molecule has 8 atom stereocenters. The van der Waals surface area contributed by atoms with Crippen LogP contribution in [0.1, 0.15) is 132 Å². The molecule has 0 spiro atoms. The summed E-state index contributed by atoms with van der Waals surface area (Å²) in [6.07, 6.45) is 10.8. The summed E-state index contributed by atoms with van der Waals surface area (Å²) in [7, 11) is 5.79. The van der Waals surface area contributed by atoms with E-state index < -0.39 is 17.4 Å². The maximum absolute atomic E-state index is 14.4. The number of ketones is 1. The van der Waals surface area contributed by atoms with Crippen LogP contribution in [0.5, 0.6) is 5.88 Å². The van der Waals surface area contributed by atoms with E-state index in [-0.39, 0.29) is 45.5 Å². The zero-order chi connectivity index (χ0) is 43.1. The van der Waals surface area contributed by atoms with Crippen LogP contribution >= 0.6 is 0 Å². The SMILES string of the molecule is COc1ccc(-c2nnc(C[C@@]34CC[C@]5(C)[C@H](CC[C@@H]6[C@@]7(C)CC[C@H](OC(=O)CC(C)(C)C(=O)O)C(C)(C)[C@@H]7CC[C@]65C)C3=C(C(C)C)C(=O)C4)n2CCN(C)C)cn1. The second-order valence-electron chi connectivity index (χ2n) is 21.8. The summed E-state index contributed by atoms with van der Waals surface area (Å²) >= 11 is 0. The first-order valence-electron chi connectivity index (χ1n) is 22.3. The van der Waals surface area contributed by atoms with Gasteiger partial charge in [0, 0.05) is 54.6 Å². The summed E-state index contributed by atoms with van der Waals surface area (Å²) in [5.41, 5.74) is 1.86. The zero-order valence-corrected chi connectivity index (χ0v) is 38.0. The third-order valence-corrected chi connectivity index (χ3v) is 17.3. The summed E-state index contributed by atoms with van der Waals surface area (Å²) in [5.74, 6) is 2.54. The van der Waals surface area contributed by atoms with Crippen molar-refractivity contribution < 1.29 is 29.0 Å². The molecule has 1 N–H and O–H groups in total. The maximum Gasteiger partial charge on any atom is 0.309 e. The van der Waals surface area contributed by atoms with Crippen LogP contribution in [-0.4, -0.2) is 81.3 Å². The van der Waals surface area contributed by atoms with Crippen LogP contribution in [0.15, 0.2) is 29.5 Å². The predicted octanol–water partition coefficient (Wildman–Crippen LogP) is 8.85. The number of rotatable bonds is 12. The van der Waals surface area contributed by atoms with Gasteiger partial charge in [0.2, 0.25) is 5.88 Å². The summed E-state index contributed by atoms with van der Waals surface area (Å²) in [6.45, 7) is 21.5. The minimum Gasteiger partial charge on any atom is -0.481 e. The normalized spacial score (nSPS) is 34.0. The molecule has 324 valence electrons. The lowest BCUT2D eigenvalue weighted by molar-refractivity contribution is -0.233. The Morgan fingerprint density at radius 3 is 2.32 bits per heavy atom. The van der Waals surface area contributed by atoms with E-state index >= 15 is 0 Å². The molecule has 0 bridgehead atoms. The number of carboxylic acids is 1. The fourth-order valence-electron chi connectivity index (χ4n) is 13.9. The minimum absolute atomic E-state index is 0.0158. The molecule has 2 aromatic rings. The molecule has 0 amide bonds. The average molecular weight is 814 g/mol. The van der Waals surface area contributed by atoms with Crippen molar-refractivity contribution in [1.82, 2.24) is 24.6 Å². The largest absolute Gasteiger partial charge is 0.481 e. The van der Waals surface area contributed by atoms with Gasteiger partial charge in [0.15, 0.2) is 11.6 Å². The first-order chi connectivity index (χ1) is 27.5. The highest BCUT2D eigenvalue weighted by atomic mass is 16.5. The third kappa shape index (κ3) is 6.97. The van der Waals surface area contributed by atoms with Gasteiger partial charge < -0.3 is 24.0 Å². The number of allylic oxidation sites excluding steroid dienone is 2. The molecule has 2 aromatic heterocycles. The Hall–Kier alpha value is -3.60. The Kier molecular flexibility index (Phi) is 11.1. The van der Waals surface area contributed by atoms with Gasteiger partial charge in [-0.2, -0.15) is 0 Å². The van der Waals surface area contributed by atoms with Crippen molar-refractivity contribution >= 4 is 17.7 Å². The highest BCUT2D eigenvalue weighted by Crippen LogP contribution is 2.77. The number of carbonyl (C=O) groups is 3. The van der Waals surface area contributed by atoms with E-state index in [0.717, 1.165) is 87.2 Å². The molecular weight excluding hydrogens is 743 g/mol. The molecule has 11 nitrogen and oxygen atoms in total. The van der Waals surface area contributed by atoms with Crippen LogP contribution in [-0.2, 0) is 32.1 Å². The Bertz CT molecular complexity index is 2000. The number of esters is 1. The topological polar surface area (TPSA) is 137 Å². The number of carbonyl (C=O) groups excluding carboxylic acids is 2. The van der Waals surface area contributed by atoms with Crippen LogP contribution in [0.2, 0.25) is 0 Å². The Morgan fingerprint density at radius 1 is 0.966 bits per heavy atom. The summed E-state index contributed by atoms with van der Waals surface area (Å²) in [4.78, 5) is 46.1. The molecule has 0 saturated heterocycles. The predicted molar refractivity (Wildman–Crippen MR) is 227 cm³/mol. The number of aromatic nitrogens is 4. The first-order valence-corrected chi connectivity index (χ1v) is 22.3. The van der Waals surface area contributed by atoms with Crippen LogP contribution in [0.3, 0.4) is 0 Å². The minimum atomic E-state index is -1.17. The molecule has 7 rings (SSSR count). The lowest BCUT2D eigenvalue weighted by Gasteiger charge is -2.72. The molecule has 0 radical (unpaired) electrons. The highest BCUT2D eigenvalue weighted by molar-refractivity contribution is 6.00. The van der Waals surface area contributed by atoms with Gasteiger partial charge in [-0.25, -0.2) is 4.98 Å². The van der Waals surface area contributed by atoms with Gasteiger partial charge in [-0.15, -0.1) is 10.2 Å². The number of Topliss-reactive ketones (excluding diaryl/α,β-unsaturated/α-hetero) is 1. The fraction of sp³-hybridized carbons (Fsp3) is 0.750. The maximum atomic E-state index is 14.4. The van der Waals surface area contributed by atoms with Gasteiger partial charge in [0.05, 0.1) is 18.9 Å². The van der Waals surface area contributed by atoms with Crippen molar-refractivity contribution in [3.05, 3.63) is 35.3 Å². The van der Waals surface area contributed by atoms with Gasteiger partial charge in [-0.05, 0) is 131 Å². The Balaban J connectivity index is 1.20. The van der Waals surface area contributed by atoms with Gasteiger partial charge in [-0.3, -0.25) is 14.4 Å². The van der Waals surface area contributed by atoms with Gasteiger partial charge in [0.25, 0.3) is 0 Å². The van der Waals surface area contributed by atoms with Crippen molar-refractivity contribution in [3.8, 4) is 17.3 Å². The Labute approximate surface area is 352 Å². The molecule has 0 unspecified atom stereocenters. The standard InChI is InChI=1S/C48H71N5O6/c1-29(2)39-32(54)25-48(26-36-50-51-41(53(36)24-23-52(10)11)30-13-16-37(58-12)49-28-30)22-21-46(8)31(40(39)48)14-15-34-45(7)19-18-35(59-38(55)27-43(3,4)42(56)57)44(5,6)33(45)17-20-47(34,46)9/h13,16,28-29,31,33-35H,14-15,17-27H2,1-12H3,(H,56,57)/t31-,33+,34-,35+,45+,46-,47-,48+/m1/s1. The van der Waals surface area contributed by atoms with Crippen molar-refractivity contribution in [3.63, 3.8) is 0 Å². The second-order valence-corrected chi connectivity index (χ2v) is 21.8. The van der Waals surface area contributed by atoms with E-state index in [4.69, 9.17) is 19.7 Å². The van der Waals surface area contributed by atoms with Gasteiger partial charge >= 0.3 is 11.9 Å². The van der Waals surface area contributed by atoms with Crippen LogP contribution < -0.4 is 4.74 Å². The van der Waals surface area contributed by atoms with E-state index in [1.54, 1.807) is 21.0 Å². The van der Waals surface area contributed by atoms with E-state index in [2.05, 4.69) is 77.0 Å². The quantitative estimate of drug-likeness (QED) is 0.207. The number of nitrogens with zero attached hydrogens (tertiary/aromatic N) is 5. The van der Waals surface area contributed by atoms with E-state index in [9.17, 15) is 19.5 Å². The zero-order valence-electron chi connectivity index (χ0n) is 38.0. The van der Waals surface area contributed by atoms with Crippen molar-refractivity contribution in [2.24, 2.45) is 56.2 Å². The number of likely N-dealkylation sites (N-methyl/N-ethyl adjacent to an activating group) is 1. The van der Waals surface area contributed by atoms with Crippen LogP contribution in [0.25, 0.3) is 11.4 Å². The summed E-state index contributed by atoms with van der Waals surface area (Å²) < 4.78 is 13.8. The lowest BCUT2D eigenvalue weighted by Crippen LogP contribution is -2.65. The second kappa shape index (κ2) is 15.1. The number of carboxylic acid groups (broad SMARTS) is 1. The monoisotopic (exact) mass is 814 g/mol. The smallest absolute Gasteiger partial charge is 0.309 e. The molecule has 2 heterocycles. The van der Waals surface area contributed by atoms with Gasteiger partial charge in [-0.1, -0.05) is 54.0 Å². The van der Waals surface area contributed by atoms with Crippen molar-refractivity contribution in [1.29, 1.82) is 0 Å². The Morgan fingerprint density at radius 2 is 1.69 bits per heavy atom. The molecule has 5 aliphatic rings. The van der Waals surface area contributed by atoms with Crippen LogP contribution in [0.4, 0.5) is 0 Å². The van der Waals surface area contributed by atoms with Crippen molar-refractivity contribution in [2.45, 2.75) is 146 Å². The number of pyridine rings is 1. The van der Waals surface area contributed by atoms with Crippen molar-refractivity contribution in [2.75, 3.05) is 27.7 Å². The number of fused-ring (bicyclic) bond motifs is 7. The molecule has 0 aromatic carbocycles. The van der Waals surface area contributed by atoms with E-state index in [1.807, 2.05) is 18.3 Å². The summed E-state index contributed by atoms with van der Waals surface area (Å²) in [6, 6.07) is 3.86. The first kappa shape index (κ1) is 43.5. The molecule has 4 saturated carbocycles.